The Hall–Kier alpha value is -2.21. The maximum Gasteiger partial charge on any atom is 1.00 e. The van der Waals surface area contributed by atoms with Gasteiger partial charge in [0, 0.05) is 36.8 Å². The fraction of sp³-hybridized carbons (Fsp3) is 0.174. The van der Waals surface area contributed by atoms with Crippen molar-refractivity contribution < 1.29 is 87.7 Å². The number of hydrogen-bond donors (Lipinski definition) is 2. The zero-order chi connectivity index (χ0) is 24.3. The summed E-state index contributed by atoms with van der Waals surface area (Å²) in [6.07, 6.45) is -0.603. The number of urea groups is 1. The Kier molecular flexibility index (Phi) is 11.6. The van der Waals surface area contributed by atoms with E-state index in [-0.39, 0.29) is 64.7 Å². The van der Waals surface area contributed by atoms with Crippen molar-refractivity contribution in [3.05, 3.63) is 81.8 Å². The zero-order valence-electron chi connectivity index (χ0n) is 19.6. The standard InChI is InChI=1S/C23H21F2N3O5.2Na/c1-12-9-19(29)21(22(32)28(12)2)27-23(33)26-18(11-20(30)31)14-5-3-13(4-6-14)16-8-7-15(24)10-17(16)25;;/h3-10,18,29H,11H2,1-2H3,(H,30,31)(H2,26,27,33);;/q;2*+1/p-2/t18-;;/m0../s1. The summed E-state index contributed by atoms with van der Waals surface area (Å²) in [5.74, 6) is -3.63. The predicted molar refractivity (Wildman–Crippen MR) is 112 cm³/mol. The molecule has 172 valence electrons. The molecular weight excluding hydrogens is 482 g/mol. The maximum absolute atomic E-state index is 14.0. The number of aryl methyl sites for hydroxylation is 1. The van der Waals surface area contributed by atoms with Crippen LogP contribution in [0.25, 0.3) is 11.1 Å². The second-order valence-corrected chi connectivity index (χ2v) is 7.36. The van der Waals surface area contributed by atoms with Crippen molar-refractivity contribution in [3.63, 3.8) is 0 Å². The van der Waals surface area contributed by atoms with Crippen molar-refractivity contribution in [2.45, 2.75) is 19.4 Å². The number of benzene rings is 2. The van der Waals surface area contributed by atoms with E-state index in [1.54, 1.807) is 6.92 Å². The number of pyridine rings is 1. The van der Waals surface area contributed by atoms with E-state index in [2.05, 4.69) is 10.6 Å². The quantitative estimate of drug-likeness (QED) is 0.331. The number of carboxylic acid groups (broad SMARTS) is 1. The Bertz CT molecular complexity index is 1280. The molecular formula is C23H19F2N3Na2O5. The van der Waals surface area contributed by atoms with Crippen LogP contribution in [0.5, 0.6) is 5.75 Å². The molecule has 35 heavy (non-hydrogen) atoms. The molecule has 0 aliphatic carbocycles. The number of aliphatic carboxylic acids is 1. The Balaban J connectivity index is 0.00000306. The second kappa shape index (κ2) is 13.2. The molecule has 2 aromatic carbocycles. The number of rotatable bonds is 6. The minimum Gasteiger partial charge on any atom is -0.871 e. The van der Waals surface area contributed by atoms with Gasteiger partial charge in [-0.25, -0.2) is 13.6 Å². The Morgan fingerprint density at radius 2 is 1.69 bits per heavy atom. The monoisotopic (exact) mass is 501 g/mol. The third kappa shape index (κ3) is 7.63. The Morgan fingerprint density at radius 3 is 2.26 bits per heavy atom. The van der Waals surface area contributed by atoms with Crippen molar-refractivity contribution in [2.75, 3.05) is 5.32 Å². The van der Waals surface area contributed by atoms with Crippen LogP contribution in [-0.2, 0) is 11.8 Å². The molecule has 2 amide bonds. The molecule has 0 radical (unpaired) electrons. The fourth-order valence-corrected chi connectivity index (χ4v) is 3.25. The summed E-state index contributed by atoms with van der Waals surface area (Å²) in [5.41, 5.74) is 0.116. The molecule has 1 atom stereocenters. The van der Waals surface area contributed by atoms with Crippen LogP contribution in [0.4, 0.5) is 19.3 Å². The van der Waals surface area contributed by atoms with E-state index in [0.717, 1.165) is 12.1 Å². The van der Waals surface area contributed by atoms with Gasteiger partial charge in [0.15, 0.2) is 0 Å². The topological polar surface area (TPSA) is 126 Å². The molecule has 0 bridgehead atoms. The van der Waals surface area contributed by atoms with Gasteiger partial charge in [-0.3, -0.25) is 4.79 Å². The van der Waals surface area contributed by atoms with Crippen LogP contribution in [0.1, 0.15) is 23.7 Å². The summed E-state index contributed by atoms with van der Waals surface area (Å²) in [4.78, 5) is 35.9. The van der Waals surface area contributed by atoms with Gasteiger partial charge in [0.05, 0.1) is 6.04 Å². The molecule has 0 saturated carbocycles. The molecule has 0 spiro atoms. The van der Waals surface area contributed by atoms with Gasteiger partial charge in [-0.1, -0.05) is 30.0 Å². The summed E-state index contributed by atoms with van der Waals surface area (Å²) in [6.45, 7) is 1.56. The number of nitrogens with one attached hydrogen (secondary N) is 2. The zero-order valence-corrected chi connectivity index (χ0v) is 23.6. The van der Waals surface area contributed by atoms with Crippen molar-refractivity contribution >= 4 is 17.7 Å². The van der Waals surface area contributed by atoms with Crippen LogP contribution in [0.2, 0.25) is 0 Å². The molecule has 0 aliphatic heterocycles. The maximum atomic E-state index is 14.0. The van der Waals surface area contributed by atoms with Crippen LogP contribution < -0.4 is 85.5 Å². The van der Waals surface area contributed by atoms with Crippen molar-refractivity contribution in [3.8, 4) is 16.9 Å². The molecule has 3 rings (SSSR count). The minimum absolute atomic E-state index is 0. The van der Waals surface area contributed by atoms with Gasteiger partial charge in [-0.05, 0) is 36.2 Å². The molecule has 0 fully saturated rings. The van der Waals surface area contributed by atoms with Crippen LogP contribution in [0.3, 0.4) is 0 Å². The third-order valence-electron chi connectivity index (χ3n) is 5.10. The number of carboxylic acids is 1. The Labute approximate surface area is 243 Å². The van der Waals surface area contributed by atoms with Crippen LogP contribution in [0.15, 0.2) is 53.3 Å². The first-order chi connectivity index (χ1) is 15.6. The fourth-order valence-electron chi connectivity index (χ4n) is 3.25. The van der Waals surface area contributed by atoms with Crippen LogP contribution in [0, 0.1) is 18.6 Å². The number of halogens is 2. The van der Waals surface area contributed by atoms with E-state index in [1.807, 2.05) is 0 Å². The number of amides is 2. The summed E-state index contributed by atoms with van der Waals surface area (Å²) in [5, 5.41) is 27.9. The molecule has 0 unspecified atom stereocenters. The van der Waals surface area contributed by atoms with Crippen molar-refractivity contribution in [2.24, 2.45) is 7.05 Å². The first-order valence-electron chi connectivity index (χ1n) is 9.77. The number of hydrogen-bond acceptors (Lipinski definition) is 5. The van der Waals surface area contributed by atoms with Crippen LogP contribution >= 0.6 is 0 Å². The Morgan fingerprint density at radius 1 is 1.06 bits per heavy atom. The van der Waals surface area contributed by atoms with Gasteiger partial charge < -0.3 is 30.2 Å². The summed E-state index contributed by atoms with van der Waals surface area (Å²) in [7, 11) is 1.44. The summed E-state index contributed by atoms with van der Waals surface area (Å²) < 4.78 is 28.3. The number of anilines is 1. The molecule has 3 aromatic rings. The van der Waals surface area contributed by atoms with Crippen LogP contribution in [-0.4, -0.2) is 16.6 Å². The molecule has 12 heteroatoms. The van der Waals surface area contributed by atoms with Crippen molar-refractivity contribution in [1.29, 1.82) is 0 Å². The molecule has 0 aliphatic rings. The van der Waals surface area contributed by atoms with Gasteiger partial charge in [0.25, 0.3) is 5.56 Å². The molecule has 1 aromatic heterocycles. The van der Waals surface area contributed by atoms with Gasteiger partial charge in [0.1, 0.15) is 17.3 Å². The number of aromatic nitrogens is 1. The number of carbonyl (C=O) groups is 2. The van der Waals surface area contributed by atoms with E-state index < -0.39 is 53.1 Å². The third-order valence-corrected chi connectivity index (χ3v) is 5.10. The van der Waals surface area contributed by atoms with Gasteiger partial charge in [-0.2, -0.15) is 0 Å². The van der Waals surface area contributed by atoms with E-state index >= 15 is 0 Å². The minimum atomic E-state index is -1.45. The van der Waals surface area contributed by atoms with Crippen molar-refractivity contribution in [1.82, 2.24) is 9.88 Å². The first-order valence-corrected chi connectivity index (χ1v) is 9.77. The summed E-state index contributed by atoms with van der Waals surface area (Å²) in [6, 6.07) is 8.17. The normalized spacial score (nSPS) is 11.0. The number of nitrogens with zero attached hydrogens (tertiary/aromatic N) is 1. The van der Waals surface area contributed by atoms with E-state index in [1.165, 1.54) is 48.0 Å². The summed E-state index contributed by atoms with van der Waals surface area (Å²) >= 11 is 0. The molecule has 1 heterocycles. The molecule has 0 saturated heterocycles. The van der Waals surface area contributed by atoms with E-state index in [4.69, 9.17) is 0 Å². The smallest absolute Gasteiger partial charge is 0.871 e. The average molecular weight is 501 g/mol. The average Bonchev–Trinajstić information content (AvgIpc) is 2.75. The van der Waals surface area contributed by atoms with Gasteiger partial charge in [0.2, 0.25) is 0 Å². The van der Waals surface area contributed by atoms with Gasteiger partial charge >= 0.3 is 65.1 Å². The van der Waals surface area contributed by atoms with E-state index in [0.29, 0.717) is 16.8 Å². The van der Waals surface area contributed by atoms with E-state index in [9.17, 15) is 33.4 Å². The largest absolute Gasteiger partial charge is 1.00 e. The second-order valence-electron chi connectivity index (χ2n) is 7.36. The number of carbonyl (C=O) groups excluding carboxylic acids is 2. The first kappa shape index (κ1) is 30.8. The predicted octanol–water partition coefficient (Wildman–Crippen LogP) is -4.28. The molecule has 2 N–H and O–H groups in total. The molecule has 8 nitrogen and oxygen atoms in total. The van der Waals surface area contributed by atoms with Gasteiger partial charge in [-0.15, -0.1) is 0 Å². The SMILES string of the molecule is Cc1cc([O-])c(NC(=O)N[C@@H](CC(=O)[O-])c2ccc(-c3ccc(F)cc3F)cc2)c(=O)n1C.[Na+].[Na+].